The number of anilines is 1. The first-order chi connectivity index (χ1) is 17.2. The molecular formula is C27H25N3O5S. The van der Waals surface area contributed by atoms with Gasteiger partial charge in [-0.25, -0.2) is 8.42 Å². The van der Waals surface area contributed by atoms with E-state index in [2.05, 4.69) is 10.0 Å². The molecular weight excluding hydrogens is 478 g/mol. The topological polar surface area (TPSA) is 139 Å². The van der Waals surface area contributed by atoms with Gasteiger partial charge in [0.05, 0.1) is 10.9 Å². The van der Waals surface area contributed by atoms with Gasteiger partial charge in [-0.2, -0.15) is 0 Å². The minimum atomic E-state index is -3.92. The maximum absolute atomic E-state index is 13.0. The zero-order valence-electron chi connectivity index (χ0n) is 19.2. The molecule has 0 radical (unpaired) electrons. The van der Waals surface area contributed by atoms with Crippen LogP contribution in [0.25, 0.3) is 10.8 Å². The Hall–Kier alpha value is -4.21. The summed E-state index contributed by atoms with van der Waals surface area (Å²) in [6.45, 7) is 0. The number of amides is 2. The second kappa shape index (κ2) is 10.6. The molecule has 2 amide bonds. The summed E-state index contributed by atoms with van der Waals surface area (Å²) in [5, 5.41) is 14.6. The molecule has 1 unspecified atom stereocenters. The monoisotopic (exact) mass is 503 g/mol. The summed E-state index contributed by atoms with van der Waals surface area (Å²) in [5.74, 6) is -1.56. The molecule has 184 valence electrons. The predicted molar refractivity (Wildman–Crippen MR) is 138 cm³/mol. The van der Waals surface area contributed by atoms with E-state index in [0.29, 0.717) is 0 Å². The van der Waals surface area contributed by atoms with E-state index in [1.165, 1.54) is 30.3 Å². The fourth-order valence-electron chi connectivity index (χ4n) is 3.83. The van der Waals surface area contributed by atoms with Crippen LogP contribution in [0, 0.1) is 0 Å². The third-order valence-corrected chi connectivity index (χ3v) is 7.07. The molecule has 0 saturated heterocycles. The van der Waals surface area contributed by atoms with Crippen molar-refractivity contribution in [3.05, 3.63) is 108 Å². The molecule has 9 heteroatoms. The normalized spacial score (nSPS) is 13.0. The molecule has 0 aliphatic heterocycles. The number of nitrogens with two attached hydrogens (primary N) is 1. The van der Waals surface area contributed by atoms with Gasteiger partial charge in [-0.15, -0.1) is 0 Å². The molecule has 0 saturated carbocycles. The first-order valence-corrected chi connectivity index (χ1v) is 12.6. The van der Waals surface area contributed by atoms with E-state index in [1.54, 1.807) is 36.4 Å². The summed E-state index contributed by atoms with van der Waals surface area (Å²) in [4.78, 5) is 24.7. The Kier molecular flexibility index (Phi) is 7.33. The molecule has 0 fully saturated rings. The number of nitrogens with one attached hydrogen (secondary N) is 2. The summed E-state index contributed by atoms with van der Waals surface area (Å²) < 4.78 is 28.4. The van der Waals surface area contributed by atoms with Crippen molar-refractivity contribution in [2.24, 2.45) is 5.73 Å². The lowest BCUT2D eigenvalue weighted by atomic mass is 10.00. The Bertz CT molecular complexity index is 1510. The van der Waals surface area contributed by atoms with Crippen LogP contribution in [-0.4, -0.2) is 37.5 Å². The van der Waals surface area contributed by atoms with Crippen LogP contribution in [0.3, 0.4) is 0 Å². The average Bonchev–Trinajstić information content (AvgIpc) is 2.88. The molecule has 0 heterocycles. The minimum absolute atomic E-state index is 0.0866. The Morgan fingerprint density at radius 2 is 1.53 bits per heavy atom. The predicted octanol–water partition coefficient (Wildman–Crippen LogP) is 2.83. The number of aliphatic hydroxyl groups is 1. The van der Waals surface area contributed by atoms with Crippen molar-refractivity contribution in [3.8, 4) is 0 Å². The lowest BCUT2D eigenvalue weighted by Crippen LogP contribution is -2.50. The van der Waals surface area contributed by atoms with Gasteiger partial charge in [-0.05, 0) is 53.1 Å². The van der Waals surface area contributed by atoms with Crippen molar-refractivity contribution in [2.75, 3.05) is 4.72 Å². The van der Waals surface area contributed by atoms with Gasteiger partial charge >= 0.3 is 0 Å². The van der Waals surface area contributed by atoms with Gasteiger partial charge in [0.15, 0.2) is 6.10 Å². The molecule has 4 aromatic rings. The Labute approximate surface area is 208 Å². The maximum Gasteiger partial charge on any atom is 0.261 e. The number of carbonyl (C=O) groups is 2. The van der Waals surface area contributed by atoms with E-state index in [1.807, 2.05) is 30.3 Å². The highest BCUT2D eigenvalue weighted by atomic mass is 32.2. The first kappa shape index (κ1) is 24.9. The second-order valence-corrected chi connectivity index (χ2v) is 9.99. The van der Waals surface area contributed by atoms with E-state index in [9.17, 15) is 23.1 Å². The minimum Gasteiger partial charge on any atom is -0.381 e. The van der Waals surface area contributed by atoms with E-state index in [0.717, 1.165) is 16.3 Å². The van der Waals surface area contributed by atoms with Crippen LogP contribution in [-0.2, 0) is 21.2 Å². The molecule has 36 heavy (non-hydrogen) atoms. The van der Waals surface area contributed by atoms with Crippen molar-refractivity contribution in [2.45, 2.75) is 23.5 Å². The average molecular weight is 504 g/mol. The fraction of sp³-hybridized carbons (Fsp3) is 0.111. The summed E-state index contributed by atoms with van der Waals surface area (Å²) in [7, 11) is -3.92. The molecule has 0 spiro atoms. The smallest absolute Gasteiger partial charge is 0.261 e. The van der Waals surface area contributed by atoms with Crippen LogP contribution in [0.15, 0.2) is 102 Å². The standard InChI is InChI=1S/C27H25N3O5S/c28-26(32)25(31)24(15-18-7-2-1-3-8-18)29-27(33)21-11-6-12-22(16-21)30-36(34,35)23-14-13-19-9-4-5-10-20(19)17-23/h1-14,16-17,24-25,30-31H,15H2,(H2,28,32)(H,29,33)/t24?,25-/m0/s1. The molecule has 5 N–H and O–H groups in total. The summed E-state index contributed by atoms with van der Waals surface area (Å²) in [6, 6.07) is 26.2. The van der Waals surface area contributed by atoms with Gasteiger partial charge in [0, 0.05) is 11.3 Å². The fourth-order valence-corrected chi connectivity index (χ4v) is 4.92. The van der Waals surface area contributed by atoms with Gasteiger partial charge in [0.2, 0.25) is 5.91 Å². The number of primary amides is 1. The van der Waals surface area contributed by atoms with Gasteiger partial charge < -0.3 is 16.2 Å². The molecule has 4 rings (SSSR count). The number of benzene rings is 4. The third-order valence-electron chi connectivity index (χ3n) is 5.70. The maximum atomic E-state index is 13.0. The van der Waals surface area contributed by atoms with E-state index in [4.69, 9.17) is 5.73 Å². The van der Waals surface area contributed by atoms with Crippen LogP contribution < -0.4 is 15.8 Å². The van der Waals surface area contributed by atoms with Crippen molar-refractivity contribution in [1.82, 2.24) is 5.32 Å². The Morgan fingerprint density at radius 3 is 2.25 bits per heavy atom. The van der Waals surface area contributed by atoms with Gasteiger partial charge in [0.1, 0.15) is 0 Å². The van der Waals surface area contributed by atoms with Crippen molar-refractivity contribution in [3.63, 3.8) is 0 Å². The largest absolute Gasteiger partial charge is 0.381 e. The molecule has 0 aromatic heterocycles. The molecule has 0 aliphatic rings. The Morgan fingerprint density at radius 1 is 0.833 bits per heavy atom. The van der Waals surface area contributed by atoms with Crippen LogP contribution in [0.1, 0.15) is 15.9 Å². The number of hydrogen-bond acceptors (Lipinski definition) is 5. The van der Waals surface area contributed by atoms with Crippen LogP contribution >= 0.6 is 0 Å². The van der Waals surface area contributed by atoms with Gasteiger partial charge in [0.25, 0.3) is 15.9 Å². The van der Waals surface area contributed by atoms with Gasteiger partial charge in [-0.3, -0.25) is 14.3 Å². The quantitative estimate of drug-likeness (QED) is 0.278. The van der Waals surface area contributed by atoms with E-state index >= 15 is 0 Å². The molecule has 0 aliphatic carbocycles. The van der Waals surface area contributed by atoms with Crippen LogP contribution in [0.4, 0.5) is 5.69 Å². The lowest BCUT2D eigenvalue weighted by Gasteiger charge is -2.22. The van der Waals surface area contributed by atoms with Crippen molar-refractivity contribution >= 4 is 38.3 Å². The third kappa shape index (κ3) is 5.88. The summed E-state index contributed by atoms with van der Waals surface area (Å²) in [6.07, 6.45) is -1.44. The highest BCUT2D eigenvalue weighted by Gasteiger charge is 2.26. The van der Waals surface area contributed by atoms with Gasteiger partial charge in [-0.1, -0.05) is 66.7 Å². The summed E-state index contributed by atoms with van der Waals surface area (Å²) >= 11 is 0. The van der Waals surface area contributed by atoms with E-state index < -0.39 is 34.0 Å². The van der Waals surface area contributed by atoms with Crippen LogP contribution in [0.2, 0.25) is 0 Å². The molecule has 8 nitrogen and oxygen atoms in total. The number of fused-ring (bicyclic) bond motifs is 1. The van der Waals surface area contributed by atoms with E-state index in [-0.39, 0.29) is 22.6 Å². The number of rotatable bonds is 9. The first-order valence-electron chi connectivity index (χ1n) is 11.2. The summed E-state index contributed by atoms with van der Waals surface area (Å²) in [5.41, 5.74) is 6.39. The SMILES string of the molecule is NC(=O)[C@@H](O)C(Cc1ccccc1)NC(=O)c1cccc(NS(=O)(=O)c2ccc3ccccc3c2)c1. The highest BCUT2D eigenvalue weighted by molar-refractivity contribution is 7.92. The van der Waals surface area contributed by atoms with Crippen molar-refractivity contribution in [1.29, 1.82) is 0 Å². The molecule has 4 aromatic carbocycles. The van der Waals surface area contributed by atoms with Crippen molar-refractivity contribution < 1.29 is 23.1 Å². The number of aliphatic hydroxyl groups excluding tert-OH is 1. The van der Waals surface area contributed by atoms with Crippen LogP contribution in [0.5, 0.6) is 0 Å². The zero-order chi connectivity index (χ0) is 25.7. The number of carbonyl (C=O) groups excluding carboxylic acids is 2. The number of hydrogen-bond donors (Lipinski definition) is 4. The lowest BCUT2D eigenvalue weighted by molar-refractivity contribution is -0.127. The zero-order valence-corrected chi connectivity index (χ0v) is 20.0. The molecule has 0 bridgehead atoms. The highest BCUT2D eigenvalue weighted by Crippen LogP contribution is 2.22. The number of sulfonamides is 1. The Balaban J connectivity index is 1.53. The molecule has 2 atom stereocenters. The second-order valence-electron chi connectivity index (χ2n) is 8.31.